The van der Waals surface area contributed by atoms with E-state index in [0.29, 0.717) is 5.41 Å². The van der Waals surface area contributed by atoms with Crippen LogP contribution in [0, 0.1) is 11.3 Å². The predicted octanol–water partition coefficient (Wildman–Crippen LogP) is 3.66. The summed E-state index contributed by atoms with van der Waals surface area (Å²) in [5.41, 5.74) is 8.76. The van der Waals surface area contributed by atoms with Crippen LogP contribution in [-0.2, 0) is 0 Å². The zero-order valence-corrected chi connectivity index (χ0v) is 8.08. The van der Waals surface area contributed by atoms with Gasteiger partial charge in [-0.05, 0) is 36.1 Å². The van der Waals surface area contributed by atoms with Crippen LogP contribution in [0.2, 0.25) is 0 Å². The molecule has 0 aliphatic heterocycles. The normalized spacial score (nSPS) is 38.0. The molecule has 0 aromatic rings. The first kappa shape index (κ1) is 8.89. The Labute approximate surface area is 79.1 Å². The molecule has 3 nitrogen and oxygen atoms in total. The van der Waals surface area contributed by atoms with E-state index in [-0.39, 0.29) is 0 Å². The lowest BCUT2D eigenvalue weighted by atomic mass is 9.62. The molecule has 0 aromatic heterocycles. The minimum absolute atomic E-state index is 0.410. The van der Waals surface area contributed by atoms with Gasteiger partial charge in [0.05, 0.1) is 0 Å². The third kappa shape index (κ3) is 1.80. The van der Waals surface area contributed by atoms with Crippen molar-refractivity contribution in [3.8, 4) is 0 Å². The van der Waals surface area contributed by atoms with Gasteiger partial charge in [0.2, 0.25) is 0 Å². The maximum absolute atomic E-state index is 8.35. The van der Waals surface area contributed by atoms with Gasteiger partial charge in [-0.2, -0.15) is 0 Å². The minimum Gasteiger partial charge on any atom is -0.0934 e. The molecule has 0 radical (unpaired) electrons. The van der Waals surface area contributed by atoms with E-state index in [1.807, 2.05) is 0 Å². The largest absolute Gasteiger partial charge is 0.0934 e. The molecule has 2 fully saturated rings. The molecular formula is C10H17N3. The zero-order chi connectivity index (χ0) is 9.15. The van der Waals surface area contributed by atoms with E-state index in [0.717, 1.165) is 12.5 Å². The zero-order valence-electron chi connectivity index (χ0n) is 8.08. The number of fused-ring (bicyclic) bond motifs is 2. The highest BCUT2D eigenvalue weighted by atomic mass is 15.1. The van der Waals surface area contributed by atoms with Crippen LogP contribution in [0.25, 0.3) is 10.4 Å². The van der Waals surface area contributed by atoms with Crippen LogP contribution in [0.5, 0.6) is 0 Å². The standard InChI is InChI=1S/C10H17N3/c11-13-12-8-10-5-1-3-9(7-10)4-2-6-10/h9H,1-8H2. The van der Waals surface area contributed by atoms with Crippen LogP contribution in [-0.4, -0.2) is 6.54 Å². The van der Waals surface area contributed by atoms with E-state index in [9.17, 15) is 0 Å². The van der Waals surface area contributed by atoms with E-state index in [4.69, 9.17) is 5.53 Å². The van der Waals surface area contributed by atoms with E-state index in [2.05, 4.69) is 10.0 Å². The molecule has 0 saturated heterocycles. The first-order valence-electron chi connectivity index (χ1n) is 5.36. The van der Waals surface area contributed by atoms with Crippen molar-refractivity contribution in [1.82, 2.24) is 0 Å². The molecule has 2 bridgehead atoms. The second-order valence-corrected chi connectivity index (χ2v) is 4.74. The average Bonchev–Trinajstić information content (AvgIpc) is 2.15. The van der Waals surface area contributed by atoms with Crippen molar-refractivity contribution in [2.45, 2.75) is 44.9 Å². The van der Waals surface area contributed by atoms with Crippen molar-refractivity contribution in [2.75, 3.05) is 6.54 Å². The maximum atomic E-state index is 8.35. The van der Waals surface area contributed by atoms with Crippen LogP contribution >= 0.6 is 0 Å². The number of hydrogen-bond acceptors (Lipinski definition) is 1. The van der Waals surface area contributed by atoms with Crippen molar-refractivity contribution in [1.29, 1.82) is 0 Å². The van der Waals surface area contributed by atoms with E-state index in [1.165, 1.54) is 44.9 Å². The Bertz CT molecular complexity index is 220. The molecule has 0 aromatic carbocycles. The Morgan fingerprint density at radius 3 is 2.62 bits per heavy atom. The van der Waals surface area contributed by atoms with Crippen molar-refractivity contribution in [3.63, 3.8) is 0 Å². The molecule has 0 N–H and O–H groups in total. The van der Waals surface area contributed by atoms with Gasteiger partial charge in [-0.3, -0.25) is 0 Å². The molecule has 2 aliphatic rings. The minimum atomic E-state index is 0.410. The van der Waals surface area contributed by atoms with Crippen LogP contribution < -0.4 is 0 Å². The second kappa shape index (κ2) is 3.59. The van der Waals surface area contributed by atoms with Crippen LogP contribution in [0.4, 0.5) is 0 Å². The van der Waals surface area contributed by atoms with E-state index >= 15 is 0 Å². The van der Waals surface area contributed by atoms with Gasteiger partial charge in [-0.25, -0.2) is 0 Å². The summed E-state index contributed by atoms with van der Waals surface area (Å²) in [5, 5.41) is 3.79. The Kier molecular flexibility index (Phi) is 2.45. The number of rotatable bonds is 2. The molecule has 0 amide bonds. The fourth-order valence-corrected chi connectivity index (χ4v) is 3.23. The topological polar surface area (TPSA) is 48.8 Å². The molecule has 13 heavy (non-hydrogen) atoms. The van der Waals surface area contributed by atoms with Crippen molar-refractivity contribution in [3.05, 3.63) is 10.4 Å². The Hall–Kier alpha value is -0.690. The third-order valence-corrected chi connectivity index (χ3v) is 3.83. The van der Waals surface area contributed by atoms with Gasteiger partial charge in [0.25, 0.3) is 0 Å². The van der Waals surface area contributed by atoms with Crippen LogP contribution in [0.15, 0.2) is 5.11 Å². The van der Waals surface area contributed by atoms with Gasteiger partial charge in [0.1, 0.15) is 0 Å². The second-order valence-electron chi connectivity index (χ2n) is 4.74. The fraction of sp³-hybridized carbons (Fsp3) is 1.00. The summed E-state index contributed by atoms with van der Waals surface area (Å²) in [6, 6.07) is 0. The number of nitrogens with zero attached hydrogens (tertiary/aromatic N) is 3. The molecule has 0 spiro atoms. The van der Waals surface area contributed by atoms with Gasteiger partial charge in [-0.15, -0.1) is 0 Å². The summed E-state index contributed by atoms with van der Waals surface area (Å²) in [6.07, 6.45) is 9.45. The molecule has 0 unspecified atom stereocenters. The molecular weight excluding hydrogens is 162 g/mol. The summed E-state index contributed by atoms with van der Waals surface area (Å²) in [5.74, 6) is 0.941. The highest BCUT2D eigenvalue weighted by Crippen LogP contribution is 2.48. The molecule has 72 valence electrons. The quantitative estimate of drug-likeness (QED) is 0.353. The van der Waals surface area contributed by atoms with Gasteiger partial charge < -0.3 is 0 Å². The predicted molar refractivity (Wildman–Crippen MR) is 52.3 cm³/mol. The molecule has 2 aliphatic carbocycles. The lowest BCUT2D eigenvalue weighted by molar-refractivity contribution is 0.0857. The number of azide groups is 1. The Morgan fingerprint density at radius 2 is 2.00 bits per heavy atom. The first-order valence-corrected chi connectivity index (χ1v) is 5.36. The molecule has 0 heterocycles. The van der Waals surface area contributed by atoms with E-state index < -0.39 is 0 Å². The summed E-state index contributed by atoms with van der Waals surface area (Å²) in [7, 11) is 0. The average molecular weight is 179 g/mol. The van der Waals surface area contributed by atoms with Crippen molar-refractivity contribution < 1.29 is 0 Å². The SMILES string of the molecule is [N-]=[N+]=NCC12CCCC(CCC1)C2. The summed E-state index contributed by atoms with van der Waals surface area (Å²) in [6.45, 7) is 0.750. The molecule has 2 saturated carbocycles. The monoisotopic (exact) mass is 179 g/mol. The summed E-state index contributed by atoms with van der Waals surface area (Å²) >= 11 is 0. The lowest BCUT2D eigenvalue weighted by Gasteiger charge is -2.44. The van der Waals surface area contributed by atoms with Crippen molar-refractivity contribution in [2.24, 2.45) is 16.4 Å². The van der Waals surface area contributed by atoms with Gasteiger partial charge >= 0.3 is 0 Å². The Morgan fingerprint density at radius 1 is 1.31 bits per heavy atom. The highest BCUT2D eigenvalue weighted by molar-refractivity contribution is 4.91. The molecule has 3 heteroatoms. The van der Waals surface area contributed by atoms with Gasteiger partial charge in [0.15, 0.2) is 0 Å². The van der Waals surface area contributed by atoms with E-state index in [1.54, 1.807) is 0 Å². The summed E-state index contributed by atoms with van der Waals surface area (Å²) in [4.78, 5) is 2.90. The van der Waals surface area contributed by atoms with Crippen molar-refractivity contribution >= 4 is 0 Å². The fourth-order valence-electron chi connectivity index (χ4n) is 3.23. The Balaban J connectivity index is 2.05. The molecule has 0 atom stereocenters. The lowest BCUT2D eigenvalue weighted by Crippen LogP contribution is -2.35. The first-order chi connectivity index (χ1) is 6.35. The van der Waals surface area contributed by atoms with Crippen LogP contribution in [0.1, 0.15) is 44.9 Å². The number of hydrogen-bond donors (Lipinski definition) is 0. The third-order valence-electron chi connectivity index (χ3n) is 3.83. The molecule has 2 rings (SSSR count). The van der Waals surface area contributed by atoms with Gasteiger partial charge in [-0.1, -0.05) is 30.8 Å². The van der Waals surface area contributed by atoms with Gasteiger partial charge in [0, 0.05) is 11.5 Å². The smallest absolute Gasteiger partial charge is 0.0314 e. The maximum Gasteiger partial charge on any atom is 0.0314 e. The van der Waals surface area contributed by atoms with Crippen LogP contribution in [0.3, 0.4) is 0 Å². The summed E-state index contributed by atoms with van der Waals surface area (Å²) < 4.78 is 0. The highest BCUT2D eigenvalue weighted by Gasteiger charge is 2.38.